The van der Waals surface area contributed by atoms with Gasteiger partial charge in [-0.3, -0.25) is 4.79 Å². The summed E-state index contributed by atoms with van der Waals surface area (Å²) in [6.07, 6.45) is 2.50. The summed E-state index contributed by atoms with van der Waals surface area (Å²) in [5, 5.41) is 6.24. The molecule has 0 atom stereocenters. The van der Waals surface area contributed by atoms with E-state index < -0.39 is 0 Å². The third-order valence-corrected chi connectivity index (χ3v) is 4.46. The summed E-state index contributed by atoms with van der Waals surface area (Å²) in [5.74, 6) is 0.297. The van der Waals surface area contributed by atoms with Crippen molar-refractivity contribution in [3.8, 4) is 0 Å². The zero-order chi connectivity index (χ0) is 14.6. The molecule has 0 bridgehead atoms. The molecule has 1 amide bonds. The van der Waals surface area contributed by atoms with E-state index in [9.17, 15) is 4.79 Å². The SMILES string of the molecule is CC(C)(C)c1csc(CCNC(=O)C2CCOCC2)n1. The lowest BCUT2D eigenvalue weighted by Crippen LogP contribution is -2.35. The third-order valence-electron chi connectivity index (χ3n) is 3.55. The standard InChI is InChI=1S/C15H24N2O2S/c1-15(2,3)12-10-20-13(17-12)4-7-16-14(18)11-5-8-19-9-6-11/h10-11H,4-9H2,1-3H3,(H,16,18). The predicted molar refractivity (Wildman–Crippen MR) is 81.1 cm³/mol. The van der Waals surface area contributed by atoms with Crippen LogP contribution in [-0.2, 0) is 21.4 Å². The number of thiazole rings is 1. The Morgan fingerprint density at radius 2 is 2.15 bits per heavy atom. The van der Waals surface area contributed by atoms with Crippen LogP contribution in [0, 0.1) is 5.92 Å². The van der Waals surface area contributed by atoms with Crippen LogP contribution in [-0.4, -0.2) is 30.6 Å². The van der Waals surface area contributed by atoms with Crippen molar-refractivity contribution >= 4 is 17.2 Å². The maximum atomic E-state index is 12.0. The summed E-state index contributed by atoms with van der Waals surface area (Å²) < 4.78 is 5.27. The first-order chi connectivity index (χ1) is 9.47. The molecule has 5 heteroatoms. The van der Waals surface area contributed by atoms with Crippen LogP contribution in [0.2, 0.25) is 0 Å². The summed E-state index contributed by atoms with van der Waals surface area (Å²) in [5.41, 5.74) is 1.23. The van der Waals surface area contributed by atoms with Gasteiger partial charge in [0, 0.05) is 42.9 Å². The van der Waals surface area contributed by atoms with Gasteiger partial charge in [0.1, 0.15) is 0 Å². The minimum atomic E-state index is 0.0973. The highest BCUT2D eigenvalue weighted by Gasteiger charge is 2.21. The lowest BCUT2D eigenvalue weighted by Gasteiger charge is -2.21. The van der Waals surface area contributed by atoms with Crippen molar-refractivity contribution in [3.05, 3.63) is 16.1 Å². The molecule has 1 N–H and O–H groups in total. The van der Waals surface area contributed by atoms with E-state index in [1.54, 1.807) is 11.3 Å². The number of nitrogens with zero attached hydrogens (tertiary/aromatic N) is 1. The second-order valence-corrected chi connectivity index (χ2v) is 7.25. The van der Waals surface area contributed by atoms with Crippen molar-refractivity contribution in [1.82, 2.24) is 10.3 Å². The molecule has 0 radical (unpaired) electrons. The maximum Gasteiger partial charge on any atom is 0.223 e. The van der Waals surface area contributed by atoms with E-state index in [-0.39, 0.29) is 17.2 Å². The monoisotopic (exact) mass is 296 g/mol. The quantitative estimate of drug-likeness (QED) is 0.929. The predicted octanol–water partition coefficient (Wildman–Crippen LogP) is 2.53. The Bertz CT molecular complexity index is 445. The van der Waals surface area contributed by atoms with Crippen LogP contribution >= 0.6 is 11.3 Å². The average molecular weight is 296 g/mol. The Kier molecular flexibility index (Phi) is 5.16. The van der Waals surface area contributed by atoms with E-state index in [0.717, 1.165) is 30.0 Å². The Labute approximate surface area is 124 Å². The van der Waals surface area contributed by atoms with Crippen molar-refractivity contribution in [2.24, 2.45) is 5.92 Å². The number of carbonyl (C=O) groups is 1. The highest BCUT2D eigenvalue weighted by atomic mass is 32.1. The molecule has 0 aromatic carbocycles. The smallest absolute Gasteiger partial charge is 0.223 e. The van der Waals surface area contributed by atoms with Crippen LogP contribution in [0.25, 0.3) is 0 Å². The Balaban J connectivity index is 1.75. The van der Waals surface area contributed by atoms with E-state index in [2.05, 4.69) is 36.5 Å². The summed E-state index contributed by atoms with van der Waals surface area (Å²) in [6, 6.07) is 0. The molecule has 2 rings (SSSR count). The van der Waals surface area contributed by atoms with Crippen LogP contribution in [0.5, 0.6) is 0 Å². The second kappa shape index (κ2) is 6.68. The van der Waals surface area contributed by atoms with Crippen LogP contribution in [0.3, 0.4) is 0 Å². The number of amides is 1. The molecular weight excluding hydrogens is 272 g/mol. The number of carbonyl (C=O) groups excluding carboxylic acids is 1. The van der Waals surface area contributed by atoms with Crippen LogP contribution in [0.15, 0.2) is 5.38 Å². The van der Waals surface area contributed by atoms with Gasteiger partial charge < -0.3 is 10.1 Å². The molecular formula is C15H24N2O2S. The van der Waals surface area contributed by atoms with Gasteiger partial charge in [-0.05, 0) is 12.8 Å². The summed E-state index contributed by atoms with van der Waals surface area (Å²) >= 11 is 1.68. The molecule has 1 aliphatic rings. The van der Waals surface area contributed by atoms with Gasteiger partial charge in [0.25, 0.3) is 0 Å². The van der Waals surface area contributed by atoms with Crippen molar-refractivity contribution in [3.63, 3.8) is 0 Å². The largest absolute Gasteiger partial charge is 0.381 e. The fourth-order valence-electron chi connectivity index (χ4n) is 2.17. The minimum Gasteiger partial charge on any atom is -0.381 e. The number of aromatic nitrogens is 1. The summed E-state index contributed by atoms with van der Waals surface area (Å²) in [7, 11) is 0. The van der Waals surface area contributed by atoms with E-state index in [1.807, 2.05) is 0 Å². The van der Waals surface area contributed by atoms with Crippen molar-refractivity contribution in [1.29, 1.82) is 0 Å². The molecule has 1 aliphatic heterocycles. The Morgan fingerprint density at radius 1 is 1.45 bits per heavy atom. The second-order valence-electron chi connectivity index (χ2n) is 6.30. The van der Waals surface area contributed by atoms with Gasteiger partial charge in [-0.2, -0.15) is 0 Å². The maximum absolute atomic E-state index is 12.0. The van der Waals surface area contributed by atoms with E-state index >= 15 is 0 Å². The minimum absolute atomic E-state index is 0.0973. The van der Waals surface area contributed by atoms with Crippen molar-refractivity contribution in [2.45, 2.75) is 45.4 Å². The van der Waals surface area contributed by atoms with Gasteiger partial charge >= 0.3 is 0 Å². The molecule has 1 fully saturated rings. The number of hydrogen-bond donors (Lipinski definition) is 1. The van der Waals surface area contributed by atoms with Gasteiger partial charge in [0.05, 0.1) is 10.7 Å². The van der Waals surface area contributed by atoms with E-state index in [1.165, 1.54) is 0 Å². The van der Waals surface area contributed by atoms with Gasteiger partial charge in [-0.25, -0.2) is 4.98 Å². The van der Waals surface area contributed by atoms with E-state index in [0.29, 0.717) is 19.8 Å². The first kappa shape index (κ1) is 15.4. The first-order valence-electron chi connectivity index (χ1n) is 7.27. The topological polar surface area (TPSA) is 51.2 Å². The summed E-state index contributed by atoms with van der Waals surface area (Å²) in [6.45, 7) is 8.59. The number of nitrogens with one attached hydrogen (secondary N) is 1. The number of ether oxygens (including phenoxy) is 1. The molecule has 0 aliphatic carbocycles. The molecule has 20 heavy (non-hydrogen) atoms. The van der Waals surface area contributed by atoms with Gasteiger partial charge in [0.2, 0.25) is 5.91 Å². The van der Waals surface area contributed by atoms with Crippen molar-refractivity contribution in [2.75, 3.05) is 19.8 Å². The highest BCUT2D eigenvalue weighted by molar-refractivity contribution is 7.09. The third kappa shape index (κ3) is 4.28. The Hall–Kier alpha value is -0.940. The van der Waals surface area contributed by atoms with Crippen LogP contribution in [0.4, 0.5) is 0 Å². The normalized spacial score (nSPS) is 17.1. The van der Waals surface area contributed by atoms with Gasteiger partial charge in [-0.15, -0.1) is 11.3 Å². The Morgan fingerprint density at radius 3 is 2.75 bits per heavy atom. The van der Waals surface area contributed by atoms with E-state index in [4.69, 9.17) is 4.74 Å². The lowest BCUT2D eigenvalue weighted by molar-refractivity contribution is -0.127. The average Bonchev–Trinajstić information content (AvgIpc) is 2.88. The molecule has 1 saturated heterocycles. The van der Waals surface area contributed by atoms with Gasteiger partial charge in [0.15, 0.2) is 0 Å². The molecule has 2 heterocycles. The van der Waals surface area contributed by atoms with Crippen molar-refractivity contribution < 1.29 is 9.53 Å². The lowest BCUT2D eigenvalue weighted by atomic mass is 9.93. The highest BCUT2D eigenvalue weighted by Crippen LogP contribution is 2.24. The fraction of sp³-hybridized carbons (Fsp3) is 0.733. The molecule has 112 valence electrons. The number of rotatable bonds is 4. The number of hydrogen-bond acceptors (Lipinski definition) is 4. The molecule has 0 saturated carbocycles. The summed E-state index contributed by atoms with van der Waals surface area (Å²) in [4.78, 5) is 16.6. The fourth-order valence-corrected chi connectivity index (χ4v) is 3.19. The van der Waals surface area contributed by atoms with Crippen LogP contribution < -0.4 is 5.32 Å². The molecule has 1 aromatic heterocycles. The van der Waals surface area contributed by atoms with Gasteiger partial charge in [-0.1, -0.05) is 20.8 Å². The molecule has 1 aromatic rings. The molecule has 0 spiro atoms. The first-order valence-corrected chi connectivity index (χ1v) is 8.15. The zero-order valence-corrected chi connectivity index (χ0v) is 13.4. The zero-order valence-electron chi connectivity index (χ0n) is 12.6. The molecule has 4 nitrogen and oxygen atoms in total. The van der Waals surface area contributed by atoms with Crippen LogP contribution in [0.1, 0.15) is 44.3 Å². The molecule has 0 unspecified atom stereocenters.